The van der Waals surface area contributed by atoms with Gasteiger partial charge in [-0.25, -0.2) is 0 Å². The fourth-order valence-corrected chi connectivity index (χ4v) is 0. The van der Waals surface area contributed by atoms with Gasteiger partial charge in [-0.3, -0.25) is 0 Å². The van der Waals surface area contributed by atoms with Gasteiger partial charge in [-0.1, -0.05) is 26.2 Å². The fraction of sp³-hybridized carbons (Fsp3) is 1.00. The van der Waals surface area contributed by atoms with Gasteiger partial charge in [0.2, 0.25) is 21.7 Å². The molecule has 0 aromatic carbocycles. The van der Waals surface area contributed by atoms with Crippen molar-refractivity contribution in [2.75, 3.05) is 0 Å². The zero-order valence-corrected chi connectivity index (χ0v) is 8.45. The molecule has 0 unspecified atom stereocenters. The Kier molecular flexibility index (Phi) is 6.59. The first-order valence-corrected chi connectivity index (χ1v) is 3.35. The smallest absolute Gasteiger partial charge is 0.172 e. The monoisotopic (exact) mass is 175 g/mol. The van der Waals surface area contributed by atoms with Crippen molar-refractivity contribution in [3.8, 4) is 0 Å². The molecule has 0 N–H and O–H groups in total. The Hall–Kier alpha value is 1.25. The molecule has 0 saturated carbocycles. The lowest BCUT2D eigenvalue weighted by molar-refractivity contribution is 0.469. The summed E-state index contributed by atoms with van der Waals surface area (Å²) in [4.78, 5) is 0. The van der Waals surface area contributed by atoms with Crippen molar-refractivity contribution in [3.63, 3.8) is 0 Å². The van der Waals surface area contributed by atoms with E-state index in [2.05, 4.69) is 20.8 Å². The largest absolute Gasteiger partial charge is 0.223 e. The minimum atomic E-state index is 0. The van der Waals surface area contributed by atoms with Crippen LogP contribution in [0.25, 0.3) is 0 Å². The van der Waals surface area contributed by atoms with E-state index in [0.29, 0.717) is 5.41 Å². The first-order valence-electron chi connectivity index (χ1n) is 2.35. The molecule has 1 radical (unpaired) electrons. The van der Waals surface area contributed by atoms with E-state index in [1.165, 1.54) is 4.55 Å². The average Bonchev–Trinajstić information content (AvgIpc) is 1.35. The first-order chi connectivity index (χ1) is 2.56. The third-order valence-electron chi connectivity index (χ3n) is 0.750. The van der Waals surface area contributed by atoms with E-state index in [1.54, 1.807) is 0 Å². The molecule has 7 heavy (non-hydrogen) atoms. The van der Waals surface area contributed by atoms with Crippen LogP contribution >= 0.6 is 17.0 Å². The Labute approximate surface area is 69.3 Å². The molecule has 0 aliphatic heterocycles. The van der Waals surface area contributed by atoms with Gasteiger partial charge in [0.1, 0.15) is 0 Å². The summed E-state index contributed by atoms with van der Waals surface area (Å²) < 4.78 is 1.30. The van der Waals surface area contributed by atoms with Crippen molar-refractivity contribution in [2.45, 2.75) is 25.3 Å². The third kappa shape index (κ3) is 11.1. The summed E-state index contributed by atoms with van der Waals surface area (Å²) in [7, 11) is 0. The molecule has 0 aliphatic rings. The molecule has 0 nitrogen and oxygen atoms in total. The average molecular weight is 176 g/mol. The van der Waals surface area contributed by atoms with Gasteiger partial charge >= 0.3 is 0 Å². The first kappa shape index (κ1) is 11.1. The minimum Gasteiger partial charge on any atom is -0.172 e. The van der Waals surface area contributed by atoms with Crippen molar-refractivity contribution in [2.24, 2.45) is 5.41 Å². The molecule has 0 atom stereocenters. The second-order valence-electron chi connectivity index (χ2n) is 2.81. The van der Waals surface area contributed by atoms with Crippen LogP contribution in [0, 0.1) is 5.41 Å². The molecular formula is C5H12BrMg. The standard InChI is InChI=1S/C5H11.BrH.Mg/c1-5(2,3)4;;/h1H2,2-4H3;1H;. The molecule has 0 bridgehead atoms. The topological polar surface area (TPSA) is 0 Å². The normalized spacial score (nSPS) is 10.0. The highest BCUT2D eigenvalue weighted by molar-refractivity contribution is 8.93. The van der Waals surface area contributed by atoms with Crippen molar-refractivity contribution >= 4 is 38.7 Å². The molecule has 0 aliphatic carbocycles. The maximum absolute atomic E-state index is 2.25. The van der Waals surface area contributed by atoms with E-state index in [1.807, 2.05) is 21.7 Å². The second-order valence-corrected chi connectivity index (χ2v) is 3.31. The van der Waals surface area contributed by atoms with Crippen molar-refractivity contribution in [1.82, 2.24) is 0 Å². The van der Waals surface area contributed by atoms with E-state index in [-0.39, 0.29) is 17.0 Å². The lowest BCUT2D eigenvalue weighted by Gasteiger charge is -2.15. The van der Waals surface area contributed by atoms with Crippen LogP contribution in [0.1, 0.15) is 20.8 Å². The molecule has 0 aromatic heterocycles. The summed E-state index contributed by atoms with van der Waals surface area (Å²) in [6.45, 7) is 6.75. The zero-order chi connectivity index (χ0) is 5.21. The molecule has 0 saturated heterocycles. The van der Waals surface area contributed by atoms with E-state index >= 15 is 0 Å². The predicted octanol–water partition coefficient (Wildman–Crippen LogP) is 2.20. The van der Waals surface area contributed by atoms with E-state index in [9.17, 15) is 0 Å². The molecule has 41 valence electrons. The van der Waals surface area contributed by atoms with Gasteiger partial charge in [0.25, 0.3) is 0 Å². The molecule has 0 spiro atoms. The molecule has 2 heteroatoms. The fourth-order valence-electron chi connectivity index (χ4n) is 0. The number of rotatable bonds is 0. The lowest BCUT2D eigenvalue weighted by atomic mass is 10.0. The van der Waals surface area contributed by atoms with Crippen LogP contribution < -0.4 is 0 Å². The summed E-state index contributed by atoms with van der Waals surface area (Å²) in [5.41, 5.74) is 0.554. The Morgan fingerprint density at radius 3 is 1.43 bits per heavy atom. The molecular weight excluding hydrogens is 164 g/mol. The van der Waals surface area contributed by atoms with Crippen LogP contribution in [0.5, 0.6) is 0 Å². The predicted molar refractivity (Wildman–Crippen MR) is 40.3 cm³/mol. The quantitative estimate of drug-likeness (QED) is 0.496. The van der Waals surface area contributed by atoms with Crippen molar-refractivity contribution in [3.05, 3.63) is 0 Å². The SMILES string of the molecule is Br.CC(C)(C)[CH2][Mg]. The van der Waals surface area contributed by atoms with E-state index in [0.717, 1.165) is 0 Å². The Morgan fingerprint density at radius 2 is 1.43 bits per heavy atom. The molecule has 0 rings (SSSR count). The highest BCUT2D eigenvalue weighted by atomic mass is 79.9. The molecule has 0 amide bonds. The Morgan fingerprint density at radius 1 is 1.29 bits per heavy atom. The maximum atomic E-state index is 2.25. The van der Waals surface area contributed by atoms with Crippen LogP contribution in [-0.4, -0.2) is 21.7 Å². The molecule has 0 aromatic rings. The van der Waals surface area contributed by atoms with Crippen LogP contribution in [0.2, 0.25) is 4.55 Å². The van der Waals surface area contributed by atoms with Gasteiger partial charge in [-0.15, -0.1) is 17.0 Å². The van der Waals surface area contributed by atoms with Crippen LogP contribution in [0.15, 0.2) is 0 Å². The van der Waals surface area contributed by atoms with Crippen LogP contribution in [0.3, 0.4) is 0 Å². The number of hydrogen-bond acceptors (Lipinski definition) is 0. The van der Waals surface area contributed by atoms with Gasteiger partial charge in [0.05, 0.1) is 0 Å². The van der Waals surface area contributed by atoms with Gasteiger partial charge in [-0.2, -0.15) is 4.55 Å². The highest BCUT2D eigenvalue weighted by Crippen LogP contribution is 2.15. The molecule has 0 heterocycles. The number of halogens is 1. The second kappa shape index (κ2) is 4.16. The van der Waals surface area contributed by atoms with E-state index in [4.69, 9.17) is 0 Å². The summed E-state index contributed by atoms with van der Waals surface area (Å²) in [6, 6.07) is 0. The van der Waals surface area contributed by atoms with Gasteiger partial charge in [0, 0.05) is 0 Å². The lowest BCUT2D eigenvalue weighted by Crippen LogP contribution is -2.01. The third-order valence-corrected chi connectivity index (χ3v) is 2.25. The molecule has 0 fully saturated rings. The van der Waals surface area contributed by atoms with Gasteiger partial charge < -0.3 is 0 Å². The van der Waals surface area contributed by atoms with Crippen LogP contribution in [0.4, 0.5) is 0 Å². The Bertz CT molecular complexity index is 37.8. The summed E-state index contributed by atoms with van der Waals surface area (Å²) in [5, 5.41) is 0. The summed E-state index contributed by atoms with van der Waals surface area (Å²) in [6.07, 6.45) is 0. The van der Waals surface area contributed by atoms with Crippen molar-refractivity contribution < 1.29 is 0 Å². The van der Waals surface area contributed by atoms with Crippen molar-refractivity contribution in [1.29, 1.82) is 0 Å². The summed E-state index contributed by atoms with van der Waals surface area (Å²) in [5.74, 6) is 0. The number of hydrogen-bond donors (Lipinski definition) is 0. The summed E-state index contributed by atoms with van der Waals surface area (Å²) >= 11 is 2.04. The highest BCUT2D eigenvalue weighted by Gasteiger charge is 2.01. The zero-order valence-electron chi connectivity index (χ0n) is 5.32. The van der Waals surface area contributed by atoms with Gasteiger partial charge in [0.15, 0.2) is 0 Å². The van der Waals surface area contributed by atoms with Gasteiger partial charge in [-0.05, 0) is 0 Å². The Balaban J connectivity index is 0. The minimum absolute atomic E-state index is 0. The maximum Gasteiger partial charge on any atom is 0.223 e. The van der Waals surface area contributed by atoms with Crippen LogP contribution in [-0.2, 0) is 0 Å². The van der Waals surface area contributed by atoms with E-state index < -0.39 is 0 Å².